The number of nitro benzene ring substituents is 1. The molecule has 44 heavy (non-hydrogen) atoms. The van der Waals surface area contributed by atoms with E-state index in [-0.39, 0.29) is 11.4 Å². The number of nitrogens with zero attached hydrogens (tertiary/aromatic N) is 3. The van der Waals surface area contributed by atoms with Crippen molar-refractivity contribution < 1.29 is 31.9 Å². The highest BCUT2D eigenvalue weighted by Gasteiger charge is 2.25. The van der Waals surface area contributed by atoms with Crippen molar-refractivity contribution in [2.75, 3.05) is 38.1 Å². The summed E-state index contributed by atoms with van der Waals surface area (Å²) in [5.41, 5.74) is -0.177. The van der Waals surface area contributed by atoms with E-state index in [1.54, 1.807) is 18.2 Å². The number of hydrogen-bond donors (Lipinski definition) is 1. The molecule has 1 fully saturated rings. The lowest BCUT2D eigenvalue weighted by Gasteiger charge is -2.30. The average Bonchev–Trinajstić information content (AvgIpc) is 3.00. The molecule has 13 heteroatoms. The van der Waals surface area contributed by atoms with Crippen molar-refractivity contribution in [2.45, 2.75) is 31.1 Å². The van der Waals surface area contributed by atoms with Crippen molar-refractivity contribution in [3.63, 3.8) is 0 Å². The van der Waals surface area contributed by atoms with Gasteiger partial charge < -0.3 is 19.1 Å². The number of pyridine rings is 1. The van der Waals surface area contributed by atoms with Crippen molar-refractivity contribution in [1.82, 2.24) is 9.88 Å². The predicted octanol–water partition coefficient (Wildman–Crippen LogP) is 6.38. The Kier molecular flexibility index (Phi) is 9.45. The summed E-state index contributed by atoms with van der Waals surface area (Å²) in [6.07, 6.45) is 4.91. The summed E-state index contributed by atoms with van der Waals surface area (Å²) >= 11 is 0. The molecule has 0 bridgehead atoms. The molecule has 0 saturated carbocycles. The Hall–Kier alpha value is -4.49. The van der Waals surface area contributed by atoms with E-state index in [1.165, 1.54) is 50.4 Å². The topological polar surface area (TPSA) is 133 Å². The number of ether oxygens (including phenoxy) is 3. The fourth-order valence-electron chi connectivity index (χ4n) is 5.26. The molecule has 1 aromatic heterocycles. The number of anilines is 1. The maximum Gasteiger partial charge on any atom is 0.289 e. The van der Waals surface area contributed by atoms with Gasteiger partial charge in [0.15, 0.2) is 28.0 Å². The first-order chi connectivity index (χ1) is 21.1. The second-order valence-electron chi connectivity index (χ2n) is 10.7. The summed E-state index contributed by atoms with van der Waals surface area (Å²) in [6.45, 7) is 6.00. The predicted molar refractivity (Wildman–Crippen MR) is 164 cm³/mol. The van der Waals surface area contributed by atoms with E-state index >= 15 is 4.39 Å². The number of para-hydroxylation sites is 1. The molecule has 4 aromatic rings. The zero-order valence-electron chi connectivity index (χ0n) is 24.4. The van der Waals surface area contributed by atoms with Crippen LogP contribution >= 0.6 is 0 Å². The highest BCUT2D eigenvalue weighted by Crippen LogP contribution is 2.38. The summed E-state index contributed by atoms with van der Waals surface area (Å²) < 4.78 is 60.4. The number of rotatable bonds is 12. The Balaban J connectivity index is 1.29. The molecule has 1 aliphatic heterocycles. The Bertz CT molecular complexity index is 1770. The van der Waals surface area contributed by atoms with Crippen molar-refractivity contribution >= 4 is 32.3 Å². The first-order valence-electron chi connectivity index (χ1n) is 14.2. The normalized spacial score (nSPS) is 15.6. The van der Waals surface area contributed by atoms with Gasteiger partial charge in [0.2, 0.25) is 0 Å². The molecule has 11 nitrogen and oxygen atoms in total. The molecule has 2 heterocycles. The molecule has 1 N–H and O–H groups in total. The van der Waals surface area contributed by atoms with Crippen LogP contribution in [-0.2, 0) is 10.0 Å². The maximum absolute atomic E-state index is 15.1. The number of halogens is 1. The first kappa shape index (κ1) is 31.0. The first-order valence-corrected chi connectivity index (χ1v) is 15.7. The number of benzene rings is 3. The van der Waals surface area contributed by atoms with Gasteiger partial charge in [-0.25, -0.2) is 12.8 Å². The van der Waals surface area contributed by atoms with E-state index in [1.807, 2.05) is 0 Å². The minimum absolute atomic E-state index is 0.133. The van der Waals surface area contributed by atoms with Gasteiger partial charge in [0.05, 0.1) is 29.8 Å². The minimum atomic E-state index is -4.37. The smallest absolute Gasteiger partial charge is 0.289 e. The zero-order chi connectivity index (χ0) is 31.3. The van der Waals surface area contributed by atoms with Crippen molar-refractivity contribution in [1.29, 1.82) is 0 Å². The van der Waals surface area contributed by atoms with E-state index in [0.717, 1.165) is 50.2 Å². The molecular formula is C31H33FN4O7S. The second kappa shape index (κ2) is 13.4. The van der Waals surface area contributed by atoms with Crippen LogP contribution in [0.4, 0.5) is 15.8 Å². The standard InChI is InChI=1S/C31H33FN4O7S/c1-21-7-5-14-35(20-21)15-6-16-42-30-19-25-23(18-29(30)41-2)27(12-13-33-25)43-28-11-10-22(17-24(28)32)34-44(39,40)31-9-4-3-8-26(31)36(37)38/h3-4,8-13,17-19,21,34H,5-7,14-16,20H2,1-2H3. The molecule has 0 amide bonds. The minimum Gasteiger partial charge on any atom is -0.493 e. The summed E-state index contributed by atoms with van der Waals surface area (Å²) in [6, 6.07) is 13.4. The van der Waals surface area contributed by atoms with Gasteiger partial charge in [-0.2, -0.15) is 0 Å². The van der Waals surface area contributed by atoms with Crippen LogP contribution in [0, 0.1) is 21.8 Å². The van der Waals surface area contributed by atoms with Crippen LogP contribution in [0.5, 0.6) is 23.0 Å². The highest BCUT2D eigenvalue weighted by molar-refractivity contribution is 7.92. The van der Waals surface area contributed by atoms with Crippen LogP contribution in [0.3, 0.4) is 0 Å². The number of sulfonamides is 1. The third-order valence-corrected chi connectivity index (χ3v) is 8.79. The number of likely N-dealkylation sites (tertiary alicyclic amines) is 1. The monoisotopic (exact) mass is 624 g/mol. The fraction of sp³-hybridized carbons (Fsp3) is 0.323. The van der Waals surface area contributed by atoms with Crippen LogP contribution in [0.25, 0.3) is 10.9 Å². The second-order valence-corrected chi connectivity index (χ2v) is 12.3. The Morgan fingerprint density at radius 3 is 2.66 bits per heavy atom. The van der Waals surface area contributed by atoms with Gasteiger partial charge in [-0.05, 0) is 62.1 Å². The highest BCUT2D eigenvalue weighted by atomic mass is 32.2. The van der Waals surface area contributed by atoms with Gasteiger partial charge in [-0.15, -0.1) is 0 Å². The van der Waals surface area contributed by atoms with E-state index in [4.69, 9.17) is 14.2 Å². The molecule has 0 radical (unpaired) electrons. The van der Waals surface area contributed by atoms with Crippen LogP contribution in [0.15, 0.2) is 71.8 Å². The molecular weight excluding hydrogens is 591 g/mol. The average molecular weight is 625 g/mol. The summed E-state index contributed by atoms with van der Waals surface area (Å²) in [5.74, 6) is 1.01. The number of nitrogens with one attached hydrogen (secondary N) is 1. The Morgan fingerprint density at radius 2 is 1.91 bits per heavy atom. The summed E-state index contributed by atoms with van der Waals surface area (Å²) in [7, 11) is -2.84. The quantitative estimate of drug-likeness (QED) is 0.108. The van der Waals surface area contributed by atoms with E-state index in [0.29, 0.717) is 34.8 Å². The van der Waals surface area contributed by atoms with Crippen LogP contribution in [0.2, 0.25) is 0 Å². The van der Waals surface area contributed by atoms with Crippen LogP contribution in [-0.4, -0.2) is 56.6 Å². The van der Waals surface area contributed by atoms with Gasteiger partial charge in [0.1, 0.15) is 5.75 Å². The van der Waals surface area contributed by atoms with E-state index in [9.17, 15) is 18.5 Å². The van der Waals surface area contributed by atoms with Gasteiger partial charge in [-0.3, -0.25) is 19.8 Å². The number of piperidine rings is 1. The fourth-order valence-corrected chi connectivity index (χ4v) is 6.48. The van der Waals surface area contributed by atoms with Gasteiger partial charge >= 0.3 is 0 Å². The van der Waals surface area contributed by atoms with Gasteiger partial charge in [-0.1, -0.05) is 19.1 Å². The number of aromatic nitrogens is 1. The number of methoxy groups -OCH3 is 1. The molecule has 1 unspecified atom stereocenters. The van der Waals surface area contributed by atoms with Crippen molar-refractivity contribution in [3.05, 3.63) is 82.8 Å². The van der Waals surface area contributed by atoms with Gasteiger partial charge in [0.25, 0.3) is 15.7 Å². The van der Waals surface area contributed by atoms with Gasteiger partial charge in [0, 0.05) is 42.9 Å². The zero-order valence-corrected chi connectivity index (χ0v) is 25.2. The molecule has 0 aliphatic carbocycles. The lowest BCUT2D eigenvalue weighted by Crippen LogP contribution is -2.35. The number of hydrogen-bond acceptors (Lipinski definition) is 9. The van der Waals surface area contributed by atoms with Crippen molar-refractivity contribution in [2.24, 2.45) is 5.92 Å². The summed E-state index contributed by atoms with van der Waals surface area (Å²) in [5, 5.41) is 11.8. The number of fused-ring (bicyclic) bond motifs is 1. The van der Waals surface area contributed by atoms with E-state index in [2.05, 4.69) is 21.5 Å². The molecule has 3 aromatic carbocycles. The van der Waals surface area contributed by atoms with Crippen LogP contribution in [0.1, 0.15) is 26.2 Å². The maximum atomic E-state index is 15.1. The third kappa shape index (κ3) is 7.17. The van der Waals surface area contributed by atoms with Crippen molar-refractivity contribution in [3.8, 4) is 23.0 Å². The Morgan fingerprint density at radius 1 is 1.09 bits per heavy atom. The Labute approximate surface area is 254 Å². The molecule has 5 rings (SSSR count). The van der Waals surface area contributed by atoms with E-state index < -0.39 is 31.3 Å². The lowest BCUT2D eigenvalue weighted by molar-refractivity contribution is -0.387. The largest absolute Gasteiger partial charge is 0.493 e. The van der Waals surface area contributed by atoms with Crippen LogP contribution < -0.4 is 18.9 Å². The molecule has 1 atom stereocenters. The molecule has 0 spiro atoms. The SMILES string of the molecule is COc1cc2c(Oc3ccc(NS(=O)(=O)c4ccccc4[N+](=O)[O-])cc3F)ccnc2cc1OCCCN1CCCC(C)C1. The lowest BCUT2D eigenvalue weighted by atomic mass is 10.0. The molecule has 1 aliphatic rings. The number of nitro groups is 1. The molecule has 232 valence electrons. The summed E-state index contributed by atoms with van der Waals surface area (Å²) in [4.78, 5) is 16.8. The molecule has 1 saturated heterocycles. The third-order valence-electron chi connectivity index (χ3n) is 7.36.